The van der Waals surface area contributed by atoms with E-state index in [-0.39, 0.29) is 0 Å². The average molecular weight is 158 g/mol. The number of aliphatic hydroxyl groups is 1. The lowest BCUT2D eigenvalue weighted by atomic mass is 10.2. The summed E-state index contributed by atoms with van der Waals surface area (Å²) < 4.78 is 0. The van der Waals surface area contributed by atoms with E-state index in [1.165, 1.54) is 19.5 Å². The maximum atomic E-state index is 8.53. The highest BCUT2D eigenvalue weighted by molar-refractivity contribution is 4.65. The van der Waals surface area contributed by atoms with Crippen LogP contribution >= 0.6 is 0 Å². The van der Waals surface area contributed by atoms with Crippen LogP contribution in [0.15, 0.2) is 0 Å². The van der Waals surface area contributed by atoms with Gasteiger partial charge in [-0.25, -0.2) is 0 Å². The molecule has 0 aromatic rings. The Bertz CT molecular complexity index is 92.1. The molecule has 1 fully saturated rings. The quantitative estimate of drug-likeness (QED) is 0.553. The summed E-state index contributed by atoms with van der Waals surface area (Å²) >= 11 is 0. The molecule has 0 radical (unpaired) electrons. The van der Waals surface area contributed by atoms with Crippen LogP contribution in [0.3, 0.4) is 0 Å². The Balaban J connectivity index is 1.86. The van der Waals surface area contributed by atoms with Crippen LogP contribution in [0.1, 0.15) is 19.3 Å². The normalized spacial score (nSPS) is 19.4. The average Bonchev–Trinajstić information content (AvgIpc) is 2.50. The van der Waals surface area contributed by atoms with Gasteiger partial charge >= 0.3 is 0 Å². The van der Waals surface area contributed by atoms with Crippen LogP contribution < -0.4 is 5.32 Å². The van der Waals surface area contributed by atoms with Gasteiger partial charge in [0.05, 0.1) is 0 Å². The Labute approximate surface area is 68.4 Å². The SMILES string of the molecule is OCCCCCN1CCNC1. The molecule has 2 N–H and O–H groups in total. The zero-order valence-corrected chi connectivity index (χ0v) is 7.05. The highest BCUT2D eigenvalue weighted by Crippen LogP contribution is 1.99. The second kappa shape index (κ2) is 5.52. The van der Waals surface area contributed by atoms with Gasteiger partial charge in [-0.05, 0) is 25.8 Å². The van der Waals surface area contributed by atoms with Gasteiger partial charge in [-0.15, -0.1) is 0 Å². The lowest BCUT2D eigenvalue weighted by Gasteiger charge is -2.12. The smallest absolute Gasteiger partial charge is 0.0481 e. The number of nitrogens with one attached hydrogen (secondary N) is 1. The Kier molecular flexibility index (Phi) is 4.50. The van der Waals surface area contributed by atoms with E-state index in [1.807, 2.05) is 0 Å². The van der Waals surface area contributed by atoms with E-state index in [4.69, 9.17) is 5.11 Å². The summed E-state index contributed by atoms with van der Waals surface area (Å²) in [5.41, 5.74) is 0. The molecule has 0 saturated carbocycles. The standard InChI is InChI=1S/C8H18N2O/c11-7-3-1-2-5-10-6-4-9-8-10/h9,11H,1-8H2. The molecule has 1 heterocycles. The van der Waals surface area contributed by atoms with Crippen LogP contribution in [0.25, 0.3) is 0 Å². The molecule has 11 heavy (non-hydrogen) atoms. The van der Waals surface area contributed by atoms with Gasteiger partial charge in [-0.3, -0.25) is 4.90 Å². The zero-order chi connectivity index (χ0) is 7.94. The number of nitrogens with zero attached hydrogens (tertiary/aromatic N) is 1. The van der Waals surface area contributed by atoms with Crippen LogP contribution in [0.4, 0.5) is 0 Å². The molecule has 0 aromatic carbocycles. The molecule has 66 valence electrons. The van der Waals surface area contributed by atoms with E-state index < -0.39 is 0 Å². The molecule has 3 nitrogen and oxygen atoms in total. The van der Waals surface area contributed by atoms with Crippen molar-refractivity contribution < 1.29 is 5.11 Å². The summed E-state index contributed by atoms with van der Waals surface area (Å²) in [6, 6.07) is 0. The molecule has 0 aromatic heterocycles. The van der Waals surface area contributed by atoms with Crippen LogP contribution in [0.5, 0.6) is 0 Å². The molecule has 0 amide bonds. The minimum atomic E-state index is 0.345. The third kappa shape index (κ3) is 3.70. The van der Waals surface area contributed by atoms with Crippen molar-refractivity contribution in [1.29, 1.82) is 0 Å². The van der Waals surface area contributed by atoms with Gasteiger partial charge in [0.15, 0.2) is 0 Å². The van der Waals surface area contributed by atoms with Gasteiger partial charge in [0, 0.05) is 26.4 Å². The van der Waals surface area contributed by atoms with Crippen molar-refractivity contribution in [2.45, 2.75) is 19.3 Å². The van der Waals surface area contributed by atoms with Crippen molar-refractivity contribution in [3.05, 3.63) is 0 Å². The largest absolute Gasteiger partial charge is 0.396 e. The van der Waals surface area contributed by atoms with Gasteiger partial charge in [0.1, 0.15) is 0 Å². The van der Waals surface area contributed by atoms with E-state index in [2.05, 4.69) is 10.2 Å². The van der Waals surface area contributed by atoms with Crippen molar-refractivity contribution >= 4 is 0 Å². The molecule has 0 atom stereocenters. The number of unbranched alkanes of at least 4 members (excludes halogenated alkanes) is 2. The van der Waals surface area contributed by atoms with Crippen LogP contribution in [0.2, 0.25) is 0 Å². The molecule has 1 aliphatic rings. The van der Waals surface area contributed by atoms with Crippen molar-refractivity contribution in [3.8, 4) is 0 Å². The van der Waals surface area contributed by atoms with Gasteiger partial charge in [0.2, 0.25) is 0 Å². The maximum absolute atomic E-state index is 8.53. The maximum Gasteiger partial charge on any atom is 0.0481 e. The topological polar surface area (TPSA) is 35.5 Å². The lowest BCUT2D eigenvalue weighted by Crippen LogP contribution is -2.23. The lowest BCUT2D eigenvalue weighted by molar-refractivity contribution is 0.272. The number of aliphatic hydroxyl groups excluding tert-OH is 1. The van der Waals surface area contributed by atoms with Crippen molar-refractivity contribution in [2.75, 3.05) is 32.9 Å². The van der Waals surface area contributed by atoms with Crippen LogP contribution in [-0.2, 0) is 0 Å². The molecule has 0 unspecified atom stereocenters. The molecular weight excluding hydrogens is 140 g/mol. The number of hydrogen-bond donors (Lipinski definition) is 2. The molecular formula is C8H18N2O. The fourth-order valence-corrected chi connectivity index (χ4v) is 1.37. The predicted octanol–water partition coefficient (Wildman–Crippen LogP) is 0.0117. The first-order valence-corrected chi connectivity index (χ1v) is 4.47. The van der Waals surface area contributed by atoms with E-state index in [9.17, 15) is 0 Å². The minimum Gasteiger partial charge on any atom is -0.396 e. The third-order valence-corrected chi connectivity index (χ3v) is 2.07. The number of rotatable bonds is 5. The van der Waals surface area contributed by atoms with Gasteiger partial charge < -0.3 is 10.4 Å². The summed E-state index contributed by atoms with van der Waals surface area (Å²) in [7, 11) is 0. The molecule has 1 rings (SSSR count). The fraction of sp³-hybridized carbons (Fsp3) is 1.00. The second-order valence-corrected chi connectivity index (χ2v) is 3.06. The summed E-state index contributed by atoms with van der Waals surface area (Å²) in [6.07, 6.45) is 3.34. The minimum absolute atomic E-state index is 0.345. The first-order chi connectivity index (χ1) is 5.43. The van der Waals surface area contributed by atoms with E-state index >= 15 is 0 Å². The molecule has 0 aliphatic carbocycles. The molecule has 0 bridgehead atoms. The van der Waals surface area contributed by atoms with Crippen molar-refractivity contribution in [1.82, 2.24) is 10.2 Å². The van der Waals surface area contributed by atoms with E-state index in [0.29, 0.717) is 6.61 Å². The van der Waals surface area contributed by atoms with Crippen molar-refractivity contribution in [3.63, 3.8) is 0 Å². The molecule has 0 spiro atoms. The predicted molar refractivity (Wildman–Crippen MR) is 45.4 cm³/mol. The summed E-state index contributed by atoms with van der Waals surface area (Å²) in [5.74, 6) is 0. The van der Waals surface area contributed by atoms with Crippen molar-refractivity contribution in [2.24, 2.45) is 0 Å². The zero-order valence-electron chi connectivity index (χ0n) is 7.05. The second-order valence-electron chi connectivity index (χ2n) is 3.06. The summed E-state index contributed by atoms with van der Waals surface area (Å²) in [4.78, 5) is 2.41. The first-order valence-electron chi connectivity index (χ1n) is 4.47. The first kappa shape index (κ1) is 8.97. The number of hydrogen-bond acceptors (Lipinski definition) is 3. The Morgan fingerprint density at radius 2 is 2.18 bits per heavy atom. The molecule has 3 heteroatoms. The fourth-order valence-electron chi connectivity index (χ4n) is 1.37. The highest BCUT2D eigenvalue weighted by atomic mass is 16.2. The molecule has 1 saturated heterocycles. The molecule has 1 aliphatic heterocycles. The third-order valence-electron chi connectivity index (χ3n) is 2.07. The summed E-state index contributed by atoms with van der Waals surface area (Å²) in [5, 5.41) is 11.8. The highest BCUT2D eigenvalue weighted by Gasteiger charge is 2.08. The monoisotopic (exact) mass is 158 g/mol. The Hall–Kier alpha value is -0.120. The van der Waals surface area contributed by atoms with Gasteiger partial charge in [-0.1, -0.05) is 0 Å². The van der Waals surface area contributed by atoms with Crippen LogP contribution in [0, 0.1) is 0 Å². The summed E-state index contributed by atoms with van der Waals surface area (Å²) in [6.45, 7) is 4.92. The van der Waals surface area contributed by atoms with Crippen LogP contribution in [-0.4, -0.2) is 42.9 Å². The van der Waals surface area contributed by atoms with Gasteiger partial charge in [0.25, 0.3) is 0 Å². The van der Waals surface area contributed by atoms with E-state index in [1.54, 1.807) is 0 Å². The Morgan fingerprint density at radius 1 is 1.27 bits per heavy atom. The van der Waals surface area contributed by atoms with E-state index in [0.717, 1.165) is 26.1 Å². The Morgan fingerprint density at radius 3 is 2.82 bits per heavy atom. The van der Waals surface area contributed by atoms with Gasteiger partial charge in [-0.2, -0.15) is 0 Å².